The maximum atomic E-state index is 11.1. The van der Waals surface area contributed by atoms with E-state index in [2.05, 4.69) is 0 Å². The molecule has 0 atom stereocenters. The molecular formula is C13H16O5. The number of unbranched alkanes of at least 4 members (excludes halogenated alkanes) is 2. The summed E-state index contributed by atoms with van der Waals surface area (Å²) in [6.45, 7) is 2.44. The summed E-state index contributed by atoms with van der Waals surface area (Å²) in [4.78, 5) is 22.0. The van der Waals surface area contributed by atoms with Crippen LogP contribution in [0.5, 0.6) is 5.75 Å². The van der Waals surface area contributed by atoms with Gasteiger partial charge < -0.3 is 14.9 Å². The lowest BCUT2D eigenvalue weighted by molar-refractivity contribution is 0.0647. The van der Waals surface area contributed by atoms with Crippen LogP contribution in [0.25, 0.3) is 0 Å². The third-order valence-electron chi connectivity index (χ3n) is 2.48. The molecule has 1 rings (SSSR count). The van der Waals surface area contributed by atoms with E-state index in [-0.39, 0.29) is 16.9 Å². The zero-order chi connectivity index (χ0) is 13.5. The summed E-state index contributed by atoms with van der Waals surface area (Å²) in [6.07, 6.45) is 2.83. The topological polar surface area (TPSA) is 83.8 Å². The highest BCUT2D eigenvalue weighted by atomic mass is 16.5. The van der Waals surface area contributed by atoms with Crippen LogP contribution in [0.3, 0.4) is 0 Å². The second kappa shape index (κ2) is 6.64. The van der Waals surface area contributed by atoms with Crippen molar-refractivity contribution in [3.8, 4) is 5.75 Å². The molecule has 0 aromatic heterocycles. The zero-order valence-corrected chi connectivity index (χ0v) is 10.2. The van der Waals surface area contributed by atoms with E-state index in [4.69, 9.17) is 14.9 Å². The first-order chi connectivity index (χ1) is 8.57. The SMILES string of the molecule is CCCCCOc1cccc(C(=O)O)c1C(=O)O. The molecule has 0 heterocycles. The molecular weight excluding hydrogens is 236 g/mol. The predicted octanol–water partition coefficient (Wildman–Crippen LogP) is 2.65. The Hall–Kier alpha value is -2.04. The van der Waals surface area contributed by atoms with Crippen LogP contribution in [-0.4, -0.2) is 28.8 Å². The zero-order valence-electron chi connectivity index (χ0n) is 10.2. The van der Waals surface area contributed by atoms with Crippen molar-refractivity contribution in [3.63, 3.8) is 0 Å². The molecule has 98 valence electrons. The highest BCUT2D eigenvalue weighted by Crippen LogP contribution is 2.23. The van der Waals surface area contributed by atoms with Gasteiger partial charge in [-0.3, -0.25) is 0 Å². The maximum absolute atomic E-state index is 11.1. The van der Waals surface area contributed by atoms with Crippen LogP contribution >= 0.6 is 0 Å². The molecule has 18 heavy (non-hydrogen) atoms. The third kappa shape index (κ3) is 3.48. The first kappa shape index (κ1) is 14.0. The molecule has 0 saturated heterocycles. The number of benzene rings is 1. The minimum absolute atomic E-state index is 0.110. The van der Waals surface area contributed by atoms with Crippen LogP contribution in [0.1, 0.15) is 46.9 Å². The summed E-state index contributed by atoms with van der Waals surface area (Å²) >= 11 is 0. The Bertz CT molecular complexity index is 439. The van der Waals surface area contributed by atoms with Crippen LogP contribution in [0, 0.1) is 0 Å². The van der Waals surface area contributed by atoms with Gasteiger partial charge in [0.25, 0.3) is 0 Å². The van der Waals surface area contributed by atoms with Crippen molar-refractivity contribution in [2.75, 3.05) is 6.61 Å². The fourth-order valence-electron chi connectivity index (χ4n) is 1.58. The van der Waals surface area contributed by atoms with E-state index < -0.39 is 11.9 Å². The molecule has 1 aromatic rings. The number of hydrogen-bond donors (Lipinski definition) is 2. The van der Waals surface area contributed by atoms with Gasteiger partial charge in [-0.05, 0) is 18.6 Å². The smallest absolute Gasteiger partial charge is 0.340 e. The van der Waals surface area contributed by atoms with Crippen LogP contribution in [-0.2, 0) is 0 Å². The van der Waals surface area contributed by atoms with Crippen molar-refractivity contribution in [1.29, 1.82) is 0 Å². The van der Waals surface area contributed by atoms with Crippen molar-refractivity contribution in [2.45, 2.75) is 26.2 Å². The molecule has 0 saturated carbocycles. The summed E-state index contributed by atoms with van der Waals surface area (Å²) in [7, 11) is 0. The number of carbonyl (C=O) groups is 2. The van der Waals surface area contributed by atoms with Crippen molar-refractivity contribution in [1.82, 2.24) is 0 Å². The Morgan fingerprint density at radius 3 is 2.44 bits per heavy atom. The second-order valence-corrected chi connectivity index (χ2v) is 3.84. The molecule has 0 spiro atoms. The molecule has 0 amide bonds. The summed E-state index contributed by atoms with van der Waals surface area (Å²) < 4.78 is 5.35. The van der Waals surface area contributed by atoms with E-state index in [1.807, 2.05) is 6.92 Å². The molecule has 0 unspecified atom stereocenters. The fourth-order valence-corrected chi connectivity index (χ4v) is 1.58. The summed E-state index contributed by atoms with van der Waals surface area (Å²) in [5, 5.41) is 18.0. The van der Waals surface area contributed by atoms with E-state index in [1.165, 1.54) is 18.2 Å². The molecule has 1 aromatic carbocycles. The minimum atomic E-state index is -1.29. The van der Waals surface area contributed by atoms with Gasteiger partial charge in [-0.2, -0.15) is 0 Å². The highest BCUT2D eigenvalue weighted by molar-refractivity contribution is 6.03. The van der Waals surface area contributed by atoms with Crippen LogP contribution < -0.4 is 4.74 Å². The van der Waals surface area contributed by atoms with Gasteiger partial charge in [0.2, 0.25) is 0 Å². The van der Waals surface area contributed by atoms with E-state index in [9.17, 15) is 9.59 Å². The number of ether oxygens (including phenoxy) is 1. The molecule has 0 fully saturated rings. The Balaban J connectivity index is 2.93. The molecule has 0 aliphatic rings. The Morgan fingerprint density at radius 2 is 1.89 bits per heavy atom. The van der Waals surface area contributed by atoms with Crippen LogP contribution in [0.2, 0.25) is 0 Å². The highest BCUT2D eigenvalue weighted by Gasteiger charge is 2.20. The first-order valence-corrected chi connectivity index (χ1v) is 5.80. The average molecular weight is 252 g/mol. The Kier molecular flexibility index (Phi) is 5.17. The summed E-state index contributed by atoms with van der Waals surface area (Å²) in [6, 6.07) is 4.21. The van der Waals surface area contributed by atoms with Gasteiger partial charge in [-0.15, -0.1) is 0 Å². The molecule has 5 heteroatoms. The molecule has 0 aliphatic carbocycles. The van der Waals surface area contributed by atoms with Gasteiger partial charge in [-0.1, -0.05) is 25.8 Å². The Labute approximate surface area is 105 Å². The van der Waals surface area contributed by atoms with E-state index in [0.29, 0.717) is 6.61 Å². The van der Waals surface area contributed by atoms with Crippen molar-refractivity contribution in [3.05, 3.63) is 29.3 Å². The molecule has 0 aliphatic heterocycles. The van der Waals surface area contributed by atoms with Gasteiger partial charge in [0.1, 0.15) is 11.3 Å². The molecule has 2 N–H and O–H groups in total. The van der Waals surface area contributed by atoms with Crippen molar-refractivity contribution >= 4 is 11.9 Å². The van der Waals surface area contributed by atoms with E-state index >= 15 is 0 Å². The lowest BCUT2D eigenvalue weighted by atomic mass is 10.1. The monoisotopic (exact) mass is 252 g/mol. The standard InChI is InChI=1S/C13H16O5/c1-2-3-4-8-18-10-7-5-6-9(12(14)15)11(10)13(16)17/h5-7H,2-4,8H2,1H3,(H,14,15)(H,16,17). The maximum Gasteiger partial charge on any atom is 0.340 e. The molecule has 0 radical (unpaired) electrons. The first-order valence-electron chi connectivity index (χ1n) is 5.80. The number of carboxylic acids is 2. The van der Waals surface area contributed by atoms with Crippen molar-refractivity contribution in [2.24, 2.45) is 0 Å². The quantitative estimate of drug-likeness (QED) is 0.729. The number of hydrogen-bond acceptors (Lipinski definition) is 3. The average Bonchev–Trinajstić information content (AvgIpc) is 2.33. The molecule has 5 nitrogen and oxygen atoms in total. The van der Waals surface area contributed by atoms with Gasteiger partial charge >= 0.3 is 11.9 Å². The number of carboxylic acid groups (broad SMARTS) is 2. The van der Waals surface area contributed by atoms with Crippen molar-refractivity contribution < 1.29 is 24.5 Å². The summed E-state index contributed by atoms with van der Waals surface area (Å²) in [5.74, 6) is -2.46. The lowest BCUT2D eigenvalue weighted by Crippen LogP contribution is -2.11. The molecule has 0 bridgehead atoms. The van der Waals surface area contributed by atoms with Gasteiger partial charge in [0.05, 0.1) is 12.2 Å². The van der Waals surface area contributed by atoms with Gasteiger partial charge in [0.15, 0.2) is 0 Å². The largest absolute Gasteiger partial charge is 0.493 e. The van der Waals surface area contributed by atoms with E-state index in [0.717, 1.165) is 19.3 Å². The Morgan fingerprint density at radius 1 is 1.17 bits per heavy atom. The van der Waals surface area contributed by atoms with E-state index in [1.54, 1.807) is 0 Å². The second-order valence-electron chi connectivity index (χ2n) is 3.84. The fraction of sp³-hybridized carbons (Fsp3) is 0.385. The number of rotatable bonds is 7. The normalized spacial score (nSPS) is 10.1. The van der Waals surface area contributed by atoms with Crippen LogP contribution in [0.4, 0.5) is 0 Å². The third-order valence-corrected chi connectivity index (χ3v) is 2.48. The van der Waals surface area contributed by atoms with Gasteiger partial charge in [-0.25, -0.2) is 9.59 Å². The van der Waals surface area contributed by atoms with Crippen LogP contribution in [0.15, 0.2) is 18.2 Å². The predicted molar refractivity (Wildman–Crippen MR) is 65.4 cm³/mol. The number of aromatic carboxylic acids is 2. The summed E-state index contributed by atoms with van der Waals surface area (Å²) in [5.41, 5.74) is -0.544. The lowest BCUT2D eigenvalue weighted by Gasteiger charge is -2.10. The van der Waals surface area contributed by atoms with Gasteiger partial charge in [0, 0.05) is 0 Å². The minimum Gasteiger partial charge on any atom is -0.493 e.